The van der Waals surface area contributed by atoms with E-state index in [9.17, 15) is 9.59 Å². The highest BCUT2D eigenvalue weighted by Gasteiger charge is 2.29. The fraction of sp³-hybridized carbons (Fsp3) is 0.194. The van der Waals surface area contributed by atoms with Gasteiger partial charge in [0.1, 0.15) is 11.8 Å². The molecular formula is C31H31N3O3. The molecule has 2 amide bonds. The number of benzene rings is 4. The highest BCUT2D eigenvalue weighted by Crippen LogP contribution is 2.27. The van der Waals surface area contributed by atoms with Gasteiger partial charge in [0.15, 0.2) is 0 Å². The lowest BCUT2D eigenvalue weighted by molar-refractivity contribution is -0.130. The molecule has 0 aliphatic heterocycles. The first-order valence-corrected chi connectivity index (χ1v) is 12.3. The van der Waals surface area contributed by atoms with Crippen LogP contribution in [-0.4, -0.2) is 31.2 Å². The number of rotatable bonds is 9. The summed E-state index contributed by atoms with van der Waals surface area (Å²) in [7, 11) is 1.60. The van der Waals surface area contributed by atoms with E-state index in [4.69, 9.17) is 4.74 Å². The van der Waals surface area contributed by atoms with E-state index in [0.717, 1.165) is 27.5 Å². The van der Waals surface area contributed by atoms with Crippen LogP contribution in [0.2, 0.25) is 0 Å². The molecule has 0 aromatic heterocycles. The number of nitrogens with one attached hydrogen (secondary N) is 2. The first kappa shape index (κ1) is 25.6. The SMILES string of the molecule is COc1ccc2ccccc2c1C=NNC(=O)C(NC(=O)C(c1ccccc1)c1ccccc1)C(C)C. The minimum absolute atomic E-state index is 0.154. The van der Waals surface area contributed by atoms with Crippen molar-refractivity contribution >= 4 is 28.8 Å². The molecule has 4 aromatic rings. The van der Waals surface area contributed by atoms with E-state index in [1.807, 2.05) is 111 Å². The van der Waals surface area contributed by atoms with Gasteiger partial charge in [-0.15, -0.1) is 0 Å². The molecule has 0 heterocycles. The lowest BCUT2D eigenvalue weighted by Gasteiger charge is -2.24. The van der Waals surface area contributed by atoms with Crippen LogP contribution in [0.15, 0.2) is 102 Å². The van der Waals surface area contributed by atoms with Crippen molar-refractivity contribution in [3.05, 3.63) is 114 Å². The molecule has 6 heteroatoms. The van der Waals surface area contributed by atoms with Gasteiger partial charge in [-0.1, -0.05) is 105 Å². The smallest absolute Gasteiger partial charge is 0.262 e. The molecule has 0 aliphatic carbocycles. The number of carbonyl (C=O) groups excluding carboxylic acids is 2. The summed E-state index contributed by atoms with van der Waals surface area (Å²) >= 11 is 0. The van der Waals surface area contributed by atoms with Crippen LogP contribution in [0.4, 0.5) is 0 Å². The number of methoxy groups -OCH3 is 1. The monoisotopic (exact) mass is 493 g/mol. The first-order valence-electron chi connectivity index (χ1n) is 12.3. The topological polar surface area (TPSA) is 79.8 Å². The highest BCUT2D eigenvalue weighted by molar-refractivity contribution is 6.03. The van der Waals surface area contributed by atoms with Gasteiger partial charge in [-0.3, -0.25) is 9.59 Å². The van der Waals surface area contributed by atoms with Gasteiger partial charge in [-0.2, -0.15) is 5.10 Å². The lowest BCUT2D eigenvalue weighted by Crippen LogP contribution is -2.50. The van der Waals surface area contributed by atoms with Gasteiger partial charge in [0.05, 0.1) is 19.2 Å². The fourth-order valence-electron chi connectivity index (χ4n) is 4.37. The Kier molecular flexibility index (Phi) is 8.31. The first-order chi connectivity index (χ1) is 18.0. The van der Waals surface area contributed by atoms with Crippen LogP contribution in [0, 0.1) is 5.92 Å². The third-order valence-electron chi connectivity index (χ3n) is 6.29. The molecule has 188 valence electrons. The summed E-state index contributed by atoms with van der Waals surface area (Å²) in [6, 6.07) is 30.1. The summed E-state index contributed by atoms with van der Waals surface area (Å²) in [4.78, 5) is 26.7. The van der Waals surface area contributed by atoms with Crippen molar-refractivity contribution in [1.82, 2.24) is 10.7 Å². The van der Waals surface area contributed by atoms with E-state index >= 15 is 0 Å². The maximum atomic E-state index is 13.5. The summed E-state index contributed by atoms with van der Waals surface area (Å²) in [6.07, 6.45) is 1.58. The molecule has 6 nitrogen and oxygen atoms in total. The van der Waals surface area contributed by atoms with Crippen molar-refractivity contribution in [2.45, 2.75) is 25.8 Å². The van der Waals surface area contributed by atoms with Gasteiger partial charge in [-0.05, 0) is 33.9 Å². The van der Waals surface area contributed by atoms with Gasteiger partial charge in [0.2, 0.25) is 5.91 Å². The molecule has 4 aromatic carbocycles. The Labute approximate surface area is 217 Å². The maximum Gasteiger partial charge on any atom is 0.262 e. The largest absolute Gasteiger partial charge is 0.496 e. The Morgan fingerprint density at radius 2 is 1.38 bits per heavy atom. The molecule has 1 unspecified atom stereocenters. The predicted molar refractivity (Wildman–Crippen MR) is 148 cm³/mol. The zero-order chi connectivity index (χ0) is 26.2. The minimum Gasteiger partial charge on any atom is -0.496 e. The zero-order valence-electron chi connectivity index (χ0n) is 21.2. The van der Waals surface area contributed by atoms with Crippen LogP contribution in [0.1, 0.15) is 36.5 Å². The molecule has 0 aliphatic rings. The molecule has 0 fully saturated rings. The van der Waals surface area contributed by atoms with Crippen molar-refractivity contribution in [2.24, 2.45) is 11.0 Å². The Bertz CT molecular complexity index is 1350. The predicted octanol–water partition coefficient (Wildman–Crippen LogP) is 5.27. The average molecular weight is 494 g/mol. The van der Waals surface area contributed by atoms with E-state index in [0.29, 0.717) is 5.75 Å². The number of hydrazone groups is 1. The summed E-state index contributed by atoms with van der Waals surface area (Å²) in [5, 5.41) is 9.18. The van der Waals surface area contributed by atoms with Crippen molar-refractivity contribution in [1.29, 1.82) is 0 Å². The Morgan fingerprint density at radius 1 is 0.784 bits per heavy atom. The number of ether oxygens (including phenoxy) is 1. The Morgan fingerprint density at radius 3 is 1.97 bits per heavy atom. The Balaban J connectivity index is 1.54. The molecule has 2 N–H and O–H groups in total. The standard InChI is InChI=1S/C31H31N3O3/c1-21(2)29(33-30(35)28(23-13-6-4-7-14-23)24-15-8-5-9-16-24)31(36)34-32-20-26-25-17-11-10-12-22(25)18-19-27(26)37-3/h4-21,28-29H,1-3H3,(H,33,35)(H,34,36). The van der Waals surface area contributed by atoms with Gasteiger partial charge in [0, 0.05) is 5.56 Å². The molecule has 0 bridgehead atoms. The normalized spacial score (nSPS) is 12.1. The number of hydrogen-bond donors (Lipinski definition) is 2. The van der Waals surface area contributed by atoms with E-state index < -0.39 is 17.9 Å². The summed E-state index contributed by atoms with van der Waals surface area (Å²) in [5.41, 5.74) is 5.09. The van der Waals surface area contributed by atoms with Crippen molar-refractivity contribution in [3.8, 4) is 5.75 Å². The maximum absolute atomic E-state index is 13.5. The average Bonchev–Trinajstić information content (AvgIpc) is 2.93. The quantitative estimate of drug-likeness (QED) is 0.246. The molecule has 1 atom stereocenters. The molecular weight excluding hydrogens is 462 g/mol. The lowest BCUT2D eigenvalue weighted by atomic mass is 9.89. The van der Waals surface area contributed by atoms with Gasteiger partial charge in [-0.25, -0.2) is 5.43 Å². The van der Waals surface area contributed by atoms with Gasteiger partial charge < -0.3 is 10.1 Å². The summed E-state index contributed by atoms with van der Waals surface area (Å²) in [6.45, 7) is 3.78. The number of hydrogen-bond acceptors (Lipinski definition) is 4. The van der Waals surface area contributed by atoms with Crippen LogP contribution in [0.25, 0.3) is 10.8 Å². The number of carbonyl (C=O) groups is 2. The van der Waals surface area contributed by atoms with Crippen LogP contribution >= 0.6 is 0 Å². The molecule has 4 rings (SSSR count). The van der Waals surface area contributed by atoms with E-state index in [2.05, 4.69) is 15.8 Å². The third-order valence-corrected chi connectivity index (χ3v) is 6.29. The summed E-state index contributed by atoms with van der Waals surface area (Å²) < 4.78 is 5.50. The molecule has 0 saturated heterocycles. The zero-order valence-corrected chi connectivity index (χ0v) is 21.2. The van der Waals surface area contributed by atoms with Crippen LogP contribution < -0.4 is 15.5 Å². The second-order valence-corrected chi connectivity index (χ2v) is 9.12. The van der Waals surface area contributed by atoms with E-state index in [-0.39, 0.29) is 11.8 Å². The molecule has 0 radical (unpaired) electrons. The second kappa shape index (κ2) is 12.0. The van der Waals surface area contributed by atoms with E-state index in [1.54, 1.807) is 13.3 Å². The number of nitrogens with zero attached hydrogens (tertiary/aromatic N) is 1. The number of fused-ring (bicyclic) bond motifs is 1. The van der Waals surface area contributed by atoms with Crippen molar-refractivity contribution in [2.75, 3.05) is 7.11 Å². The van der Waals surface area contributed by atoms with Crippen molar-refractivity contribution in [3.63, 3.8) is 0 Å². The van der Waals surface area contributed by atoms with Gasteiger partial charge in [0.25, 0.3) is 5.91 Å². The fourth-order valence-corrected chi connectivity index (χ4v) is 4.37. The van der Waals surface area contributed by atoms with Crippen LogP contribution in [0.5, 0.6) is 5.75 Å². The van der Waals surface area contributed by atoms with E-state index in [1.165, 1.54) is 0 Å². The molecule has 0 saturated carbocycles. The van der Waals surface area contributed by atoms with Crippen molar-refractivity contribution < 1.29 is 14.3 Å². The molecule has 37 heavy (non-hydrogen) atoms. The van der Waals surface area contributed by atoms with Gasteiger partial charge >= 0.3 is 0 Å². The highest BCUT2D eigenvalue weighted by atomic mass is 16.5. The van der Waals surface area contributed by atoms with Crippen LogP contribution in [-0.2, 0) is 9.59 Å². The minimum atomic E-state index is -0.769. The summed E-state index contributed by atoms with van der Waals surface area (Å²) in [5.74, 6) is -0.679. The van der Waals surface area contributed by atoms with Crippen LogP contribution in [0.3, 0.4) is 0 Å². The molecule has 0 spiro atoms. The third kappa shape index (κ3) is 6.04. The Hall–Kier alpha value is -4.45. The number of amides is 2. The second-order valence-electron chi connectivity index (χ2n) is 9.12.